The van der Waals surface area contributed by atoms with Gasteiger partial charge < -0.3 is 4.42 Å². The molecule has 0 aliphatic heterocycles. The number of fused-ring (bicyclic) bond motifs is 6. The van der Waals surface area contributed by atoms with Gasteiger partial charge >= 0.3 is 0 Å². The quantitative estimate of drug-likeness (QED) is 0.186. The van der Waals surface area contributed by atoms with Crippen molar-refractivity contribution in [2.24, 2.45) is 0 Å². The third-order valence-corrected chi connectivity index (χ3v) is 9.73. The van der Waals surface area contributed by atoms with E-state index < -0.39 is 0 Å². The van der Waals surface area contributed by atoms with Gasteiger partial charge in [0.1, 0.15) is 11.2 Å². The highest BCUT2D eigenvalue weighted by Crippen LogP contribution is 2.45. The maximum Gasteiger partial charge on any atom is 0.167 e. The maximum atomic E-state index is 7.09. The van der Waals surface area contributed by atoms with Crippen molar-refractivity contribution in [1.29, 1.82) is 0 Å². The van der Waals surface area contributed by atoms with Crippen LogP contribution in [-0.2, 0) is 0 Å². The number of para-hydroxylation sites is 1. The van der Waals surface area contributed by atoms with Gasteiger partial charge in [-0.2, -0.15) is 0 Å². The lowest BCUT2D eigenvalue weighted by Crippen LogP contribution is -2.00. The van der Waals surface area contributed by atoms with Gasteiger partial charge in [0.05, 0.1) is 5.56 Å². The van der Waals surface area contributed by atoms with E-state index >= 15 is 0 Å². The second-order valence-electron chi connectivity index (χ2n) is 12.7. The monoisotopic (exact) mass is 651 g/mol. The van der Waals surface area contributed by atoms with E-state index in [1.165, 1.54) is 21.9 Å². The van der Waals surface area contributed by atoms with Gasteiger partial charge in [0.25, 0.3) is 0 Å². The summed E-state index contributed by atoms with van der Waals surface area (Å²) in [6.07, 6.45) is 0. The molecule has 0 radical (unpaired) electrons. The molecule has 4 heteroatoms. The van der Waals surface area contributed by atoms with Crippen molar-refractivity contribution >= 4 is 43.5 Å². The van der Waals surface area contributed by atoms with E-state index in [0.29, 0.717) is 17.5 Å². The molecule has 0 aliphatic rings. The second kappa shape index (κ2) is 11.9. The molecule has 0 unspecified atom stereocenters. The van der Waals surface area contributed by atoms with Gasteiger partial charge in [-0.1, -0.05) is 170 Å². The summed E-state index contributed by atoms with van der Waals surface area (Å²) in [5.41, 5.74) is 8.83. The number of nitrogens with zero attached hydrogens (tertiary/aromatic N) is 3. The molecule has 4 nitrogen and oxygen atoms in total. The van der Waals surface area contributed by atoms with Crippen LogP contribution in [0.15, 0.2) is 180 Å². The largest absolute Gasteiger partial charge is 0.455 e. The van der Waals surface area contributed by atoms with Crippen LogP contribution < -0.4 is 0 Å². The highest BCUT2D eigenvalue weighted by Gasteiger charge is 2.22. The molecular formula is C47H29N3O. The molecule has 0 fully saturated rings. The lowest BCUT2D eigenvalue weighted by Gasteiger charge is -2.12. The fourth-order valence-corrected chi connectivity index (χ4v) is 7.36. The van der Waals surface area contributed by atoms with E-state index in [1.54, 1.807) is 0 Å². The summed E-state index contributed by atoms with van der Waals surface area (Å²) < 4.78 is 7.09. The molecule has 10 aromatic rings. The molecule has 2 heterocycles. The van der Waals surface area contributed by atoms with Crippen molar-refractivity contribution in [3.63, 3.8) is 0 Å². The molecule has 238 valence electrons. The molecule has 0 bridgehead atoms. The zero-order valence-corrected chi connectivity index (χ0v) is 27.5. The van der Waals surface area contributed by atoms with Gasteiger partial charge in [0, 0.05) is 27.5 Å². The topological polar surface area (TPSA) is 51.8 Å². The third kappa shape index (κ3) is 4.88. The summed E-state index contributed by atoms with van der Waals surface area (Å²) >= 11 is 0. The molecule has 8 aromatic carbocycles. The first kappa shape index (κ1) is 29.0. The summed E-state index contributed by atoms with van der Waals surface area (Å²) in [5, 5.41) is 6.69. The number of rotatable bonds is 5. The van der Waals surface area contributed by atoms with Crippen molar-refractivity contribution < 1.29 is 4.42 Å². The zero-order valence-electron chi connectivity index (χ0n) is 27.5. The Balaban J connectivity index is 1.26. The normalized spacial score (nSPS) is 11.5. The molecule has 0 atom stereocenters. The highest BCUT2D eigenvalue weighted by molar-refractivity contribution is 6.24. The Morgan fingerprint density at radius 2 is 0.824 bits per heavy atom. The number of benzene rings is 8. The van der Waals surface area contributed by atoms with E-state index in [0.717, 1.165) is 60.5 Å². The Hall–Kier alpha value is -6.91. The molecule has 0 saturated heterocycles. The predicted octanol–water partition coefficient (Wildman–Crippen LogP) is 12.4. The fourth-order valence-electron chi connectivity index (χ4n) is 7.36. The van der Waals surface area contributed by atoms with Crippen molar-refractivity contribution in [3.8, 4) is 56.4 Å². The van der Waals surface area contributed by atoms with Crippen LogP contribution in [0.5, 0.6) is 0 Å². The van der Waals surface area contributed by atoms with E-state index in [2.05, 4.69) is 115 Å². The first-order valence-corrected chi connectivity index (χ1v) is 17.1. The lowest BCUT2D eigenvalue weighted by molar-refractivity contribution is 0.671. The Bertz CT molecular complexity index is 2840. The molecule has 0 spiro atoms. The Morgan fingerprint density at radius 1 is 0.314 bits per heavy atom. The minimum Gasteiger partial charge on any atom is -0.455 e. The average Bonchev–Trinajstić information content (AvgIpc) is 3.61. The van der Waals surface area contributed by atoms with Crippen LogP contribution in [0.25, 0.3) is 99.9 Å². The number of hydrogen-bond acceptors (Lipinski definition) is 4. The minimum atomic E-state index is 0.566. The first-order valence-electron chi connectivity index (χ1n) is 17.1. The number of furan rings is 1. The summed E-state index contributed by atoms with van der Waals surface area (Å²) in [7, 11) is 0. The van der Waals surface area contributed by atoms with Crippen LogP contribution >= 0.6 is 0 Å². The summed E-state index contributed by atoms with van der Waals surface area (Å²) in [6.45, 7) is 0. The predicted molar refractivity (Wildman–Crippen MR) is 209 cm³/mol. The van der Waals surface area contributed by atoms with Gasteiger partial charge in [-0.15, -0.1) is 0 Å². The minimum absolute atomic E-state index is 0.566. The number of aromatic nitrogens is 3. The highest BCUT2D eigenvalue weighted by atomic mass is 16.3. The molecule has 0 aliphatic carbocycles. The van der Waals surface area contributed by atoms with E-state index in [4.69, 9.17) is 19.4 Å². The van der Waals surface area contributed by atoms with Gasteiger partial charge in [0.2, 0.25) is 0 Å². The third-order valence-electron chi connectivity index (χ3n) is 9.73. The average molecular weight is 652 g/mol. The smallest absolute Gasteiger partial charge is 0.167 e. The van der Waals surface area contributed by atoms with Gasteiger partial charge in [-0.25, -0.2) is 15.0 Å². The zero-order chi connectivity index (χ0) is 33.7. The van der Waals surface area contributed by atoms with Crippen molar-refractivity contribution in [3.05, 3.63) is 176 Å². The van der Waals surface area contributed by atoms with Gasteiger partial charge in [-0.3, -0.25) is 0 Å². The van der Waals surface area contributed by atoms with Crippen LogP contribution in [0.4, 0.5) is 0 Å². The standard InChI is InChI=1S/C47H29N3O/c1-4-15-30(16-5-1)34-27-28-38(37-24-13-12-23-36(34)37)39-25-14-26-40-42-35-22-11-10-21-33(35)29-41(44(42)51-43(39)40)47-49-45(31-17-6-2-7-18-31)48-46(50-47)32-19-8-3-9-20-32/h1-29H. The Labute approximate surface area is 294 Å². The maximum absolute atomic E-state index is 7.09. The van der Waals surface area contributed by atoms with Crippen LogP contribution in [0.3, 0.4) is 0 Å². The Kier molecular flexibility index (Phi) is 6.78. The van der Waals surface area contributed by atoms with Gasteiger partial charge in [-0.05, 0) is 44.3 Å². The Morgan fingerprint density at radius 3 is 1.49 bits per heavy atom. The molecule has 2 aromatic heterocycles. The van der Waals surface area contributed by atoms with E-state index in [-0.39, 0.29) is 0 Å². The molecule has 0 N–H and O–H groups in total. The summed E-state index contributed by atoms with van der Waals surface area (Å²) in [5.74, 6) is 1.79. The van der Waals surface area contributed by atoms with Crippen LogP contribution in [0.2, 0.25) is 0 Å². The summed E-state index contributed by atoms with van der Waals surface area (Å²) in [4.78, 5) is 15.2. The molecule has 0 saturated carbocycles. The van der Waals surface area contributed by atoms with Crippen molar-refractivity contribution in [2.45, 2.75) is 0 Å². The SMILES string of the molecule is c1ccc(-c2nc(-c3ccccc3)nc(-c3cc4ccccc4c4c3oc3c(-c5ccc(-c6ccccc6)c6ccccc56)cccc34)n2)cc1. The van der Waals surface area contributed by atoms with Crippen molar-refractivity contribution in [2.75, 3.05) is 0 Å². The molecular weight excluding hydrogens is 623 g/mol. The van der Waals surface area contributed by atoms with Gasteiger partial charge in [0.15, 0.2) is 17.5 Å². The fraction of sp³-hybridized carbons (Fsp3) is 0. The van der Waals surface area contributed by atoms with Crippen LogP contribution in [0, 0.1) is 0 Å². The van der Waals surface area contributed by atoms with E-state index in [1.807, 2.05) is 60.7 Å². The first-order chi connectivity index (χ1) is 25.3. The van der Waals surface area contributed by atoms with Crippen molar-refractivity contribution in [1.82, 2.24) is 15.0 Å². The van der Waals surface area contributed by atoms with E-state index in [9.17, 15) is 0 Å². The molecule has 51 heavy (non-hydrogen) atoms. The lowest BCUT2D eigenvalue weighted by atomic mass is 9.91. The summed E-state index contributed by atoms with van der Waals surface area (Å²) in [6, 6.07) is 60.9. The molecule has 10 rings (SSSR count). The van der Waals surface area contributed by atoms with Crippen LogP contribution in [-0.4, -0.2) is 15.0 Å². The number of hydrogen-bond donors (Lipinski definition) is 0. The molecule has 0 amide bonds. The van der Waals surface area contributed by atoms with Crippen LogP contribution in [0.1, 0.15) is 0 Å². The second-order valence-corrected chi connectivity index (χ2v) is 12.7.